The molecule has 194 valence electrons. The topological polar surface area (TPSA) is 141 Å². The number of nitrogens with zero attached hydrogens (tertiary/aromatic N) is 3. The molecule has 0 bridgehead atoms. The van der Waals surface area contributed by atoms with Crippen LogP contribution in [0.5, 0.6) is 0 Å². The Labute approximate surface area is 210 Å². The van der Waals surface area contributed by atoms with Crippen molar-refractivity contribution < 1.29 is 42.2 Å². The zero-order chi connectivity index (χ0) is 26.5. The summed E-state index contributed by atoms with van der Waals surface area (Å²) in [6.07, 6.45) is -4.61. The van der Waals surface area contributed by atoms with Crippen LogP contribution in [0.15, 0.2) is 34.9 Å². The quantitative estimate of drug-likeness (QED) is 0.367. The van der Waals surface area contributed by atoms with Gasteiger partial charge in [0.05, 0.1) is 24.2 Å². The maximum atomic E-state index is 12.6. The van der Waals surface area contributed by atoms with Crippen LogP contribution in [0.4, 0.5) is 18.0 Å². The van der Waals surface area contributed by atoms with Crippen LogP contribution in [-0.4, -0.2) is 82.5 Å². The van der Waals surface area contributed by atoms with E-state index in [0.717, 1.165) is 15.4 Å². The summed E-state index contributed by atoms with van der Waals surface area (Å²) in [7, 11) is 0. The molecule has 0 radical (unpaired) electrons. The van der Waals surface area contributed by atoms with Crippen LogP contribution in [-0.2, 0) is 14.3 Å². The van der Waals surface area contributed by atoms with Gasteiger partial charge in [-0.3, -0.25) is 29.5 Å². The molecule has 36 heavy (non-hydrogen) atoms. The van der Waals surface area contributed by atoms with E-state index in [1.165, 1.54) is 11.1 Å². The van der Waals surface area contributed by atoms with Crippen molar-refractivity contribution in [2.45, 2.75) is 25.2 Å². The zero-order valence-corrected chi connectivity index (χ0v) is 20.1. The summed E-state index contributed by atoms with van der Waals surface area (Å²) in [6.45, 7) is -1.71. The van der Waals surface area contributed by atoms with Crippen molar-refractivity contribution in [2.75, 3.05) is 26.2 Å². The fourth-order valence-electron chi connectivity index (χ4n) is 3.49. The highest BCUT2D eigenvalue weighted by Crippen LogP contribution is 2.20. The summed E-state index contributed by atoms with van der Waals surface area (Å²) < 4.78 is 40.5. The van der Waals surface area contributed by atoms with Crippen LogP contribution in [0, 0.1) is 0 Å². The number of likely N-dealkylation sites (tertiary alicyclic amines) is 1. The van der Waals surface area contributed by atoms with Gasteiger partial charge in [-0.25, -0.2) is 9.80 Å². The molecule has 0 unspecified atom stereocenters. The lowest BCUT2D eigenvalue weighted by Crippen LogP contribution is -2.55. The van der Waals surface area contributed by atoms with E-state index < -0.39 is 37.4 Å². The molecule has 0 saturated carbocycles. The number of nitrogens with one attached hydrogen (secondary N) is 2. The van der Waals surface area contributed by atoms with Gasteiger partial charge in [-0.2, -0.15) is 0 Å². The van der Waals surface area contributed by atoms with Crippen LogP contribution >= 0.6 is 15.9 Å². The number of carbonyl (C=O) groups is 4. The number of piperidine rings is 1. The number of benzene rings is 1. The third-order valence-electron chi connectivity index (χ3n) is 5.27. The lowest BCUT2D eigenvalue weighted by molar-refractivity contribution is -0.324. The first-order chi connectivity index (χ1) is 16.9. The molecule has 4 amide bonds. The van der Waals surface area contributed by atoms with Crippen molar-refractivity contribution in [3.05, 3.63) is 40.5 Å². The summed E-state index contributed by atoms with van der Waals surface area (Å²) >= 11 is 3.37. The maximum Gasteiger partial charge on any atom is 0.522 e. The maximum absolute atomic E-state index is 12.6. The first kappa shape index (κ1) is 27.1. The molecule has 1 saturated heterocycles. The average Bonchev–Trinajstić information content (AvgIpc) is 2.82. The Kier molecular flexibility index (Phi) is 8.68. The van der Waals surface area contributed by atoms with E-state index in [1.54, 1.807) is 11.5 Å². The Morgan fingerprint density at radius 1 is 1.19 bits per heavy atom. The molecule has 2 aromatic rings. The van der Waals surface area contributed by atoms with Crippen molar-refractivity contribution in [3.63, 3.8) is 0 Å². The van der Waals surface area contributed by atoms with Gasteiger partial charge in [0.25, 0.3) is 5.91 Å². The number of carboxylic acid groups (broad SMARTS) is 1. The molecular formula is C21H21BrF3N5O6. The van der Waals surface area contributed by atoms with Crippen molar-refractivity contribution in [2.24, 2.45) is 0 Å². The van der Waals surface area contributed by atoms with Gasteiger partial charge in [0.15, 0.2) is 0 Å². The second-order valence-electron chi connectivity index (χ2n) is 7.77. The van der Waals surface area contributed by atoms with E-state index in [-0.39, 0.29) is 30.0 Å². The van der Waals surface area contributed by atoms with E-state index in [2.05, 4.69) is 31.0 Å². The first-order valence-corrected chi connectivity index (χ1v) is 11.4. The third-order valence-corrected chi connectivity index (χ3v) is 5.76. The van der Waals surface area contributed by atoms with Gasteiger partial charge in [0.2, 0.25) is 0 Å². The summed E-state index contributed by atoms with van der Waals surface area (Å²) in [5.41, 5.74) is 2.85. The monoisotopic (exact) mass is 575 g/mol. The van der Waals surface area contributed by atoms with Gasteiger partial charge in [-0.15, -0.1) is 13.2 Å². The van der Waals surface area contributed by atoms with Crippen molar-refractivity contribution in [3.8, 4) is 0 Å². The minimum atomic E-state index is -4.97. The lowest BCUT2D eigenvalue weighted by atomic mass is 10.0. The number of hydrogen-bond acceptors (Lipinski definition) is 6. The molecule has 2 heterocycles. The number of alkyl halides is 3. The molecule has 1 aromatic heterocycles. The van der Waals surface area contributed by atoms with E-state index in [1.807, 2.05) is 18.2 Å². The Balaban J connectivity index is 1.49. The number of hydrogen-bond donors (Lipinski definition) is 3. The fourth-order valence-corrected chi connectivity index (χ4v) is 3.87. The number of amides is 4. The van der Waals surface area contributed by atoms with Crippen LogP contribution in [0.1, 0.15) is 23.2 Å². The van der Waals surface area contributed by atoms with Crippen molar-refractivity contribution in [1.82, 2.24) is 25.6 Å². The van der Waals surface area contributed by atoms with Crippen molar-refractivity contribution in [1.29, 1.82) is 0 Å². The van der Waals surface area contributed by atoms with Crippen LogP contribution < -0.4 is 10.7 Å². The van der Waals surface area contributed by atoms with Crippen LogP contribution in [0.25, 0.3) is 10.9 Å². The number of aromatic nitrogens is 1. The normalized spacial score (nSPS) is 14.4. The Morgan fingerprint density at radius 3 is 2.53 bits per heavy atom. The number of halogens is 4. The van der Waals surface area contributed by atoms with E-state index in [0.29, 0.717) is 18.4 Å². The standard InChI is InChI=1S/C21H21BrF3N5O6/c22-14-1-2-16-12(10-14)9-13(11-26-16)17(31)27-15-3-5-29(6-4-15)19(33)18(32)28-30(20(34)35)7-8-36-21(23,24)25/h1-2,9-11,15H,3-8H2,(H,27,31)(H,28,32)(H,34,35). The lowest BCUT2D eigenvalue weighted by Gasteiger charge is -2.32. The summed E-state index contributed by atoms with van der Waals surface area (Å²) in [5.74, 6) is -2.71. The molecule has 0 atom stereocenters. The minimum Gasteiger partial charge on any atom is -0.464 e. The SMILES string of the molecule is O=C(NN(CCOC(F)(F)F)C(=O)O)C(=O)N1CCC(NC(=O)c2cnc3ccc(Br)cc3c2)CC1. The largest absolute Gasteiger partial charge is 0.522 e. The number of fused-ring (bicyclic) bond motifs is 1. The van der Waals surface area contributed by atoms with Gasteiger partial charge in [0.1, 0.15) is 0 Å². The molecule has 3 rings (SSSR count). The molecule has 0 spiro atoms. The first-order valence-electron chi connectivity index (χ1n) is 10.6. The van der Waals surface area contributed by atoms with E-state index in [9.17, 15) is 32.3 Å². The molecule has 3 N–H and O–H groups in total. The number of rotatable bonds is 5. The molecule has 15 heteroatoms. The second-order valence-corrected chi connectivity index (χ2v) is 8.69. The number of ether oxygens (including phenoxy) is 1. The Hall–Kier alpha value is -3.46. The highest BCUT2D eigenvalue weighted by molar-refractivity contribution is 9.10. The molecule has 1 aliphatic rings. The number of pyridine rings is 1. The van der Waals surface area contributed by atoms with Gasteiger partial charge in [-0.05, 0) is 37.1 Å². The molecule has 0 aliphatic carbocycles. The average molecular weight is 576 g/mol. The Bertz CT molecular complexity index is 1160. The van der Waals surface area contributed by atoms with E-state index >= 15 is 0 Å². The zero-order valence-electron chi connectivity index (χ0n) is 18.5. The molecular weight excluding hydrogens is 555 g/mol. The molecule has 11 nitrogen and oxygen atoms in total. The molecule has 1 aliphatic heterocycles. The second kappa shape index (κ2) is 11.5. The van der Waals surface area contributed by atoms with E-state index in [4.69, 9.17) is 5.11 Å². The smallest absolute Gasteiger partial charge is 0.464 e. The Morgan fingerprint density at radius 2 is 1.89 bits per heavy atom. The highest BCUT2D eigenvalue weighted by atomic mass is 79.9. The summed E-state index contributed by atoms with van der Waals surface area (Å²) in [6, 6.07) is 6.92. The predicted molar refractivity (Wildman–Crippen MR) is 121 cm³/mol. The number of carbonyl (C=O) groups excluding carboxylic acids is 3. The molecule has 1 fully saturated rings. The minimum absolute atomic E-state index is 0.102. The molecule has 1 aromatic carbocycles. The van der Waals surface area contributed by atoms with Gasteiger partial charge in [-0.1, -0.05) is 15.9 Å². The van der Waals surface area contributed by atoms with Gasteiger partial charge >= 0.3 is 24.3 Å². The number of hydrazine groups is 1. The summed E-state index contributed by atoms with van der Waals surface area (Å²) in [5, 5.41) is 12.8. The van der Waals surface area contributed by atoms with Crippen LogP contribution in [0.3, 0.4) is 0 Å². The van der Waals surface area contributed by atoms with Gasteiger partial charge < -0.3 is 15.3 Å². The summed E-state index contributed by atoms with van der Waals surface area (Å²) in [4.78, 5) is 53.7. The fraction of sp³-hybridized carbons (Fsp3) is 0.381. The highest BCUT2D eigenvalue weighted by Gasteiger charge is 2.32. The third kappa shape index (κ3) is 7.52. The van der Waals surface area contributed by atoms with Gasteiger partial charge in [0, 0.05) is 35.2 Å². The predicted octanol–water partition coefficient (Wildman–Crippen LogP) is 2.27. The van der Waals surface area contributed by atoms with Crippen LogP contribution in [0.2, 0.25) is 0 Å². The van der Waals surface area contributed by atoms with Crippen molar-refractivity contribution >= 4 is 50.6 Å².